The normalized spacial score (nSPS) is 12.8. The van der Waals surface area contributed by atoms with Crippen molar-refractivity contribution in [3.8, 4) is 11.5 Å². The highest BCUT2D eigenvalue weighted by Gasteiger charge is 2.25. The lowest BCUT2D eigenvalue weighted by Gasteiger charge is -2.29. The van der Waals surface area contributed by atoms with E-state index >= 15 is 0 Å². The molecule has 2 aromatic rings. The highest BCUT2D eigenvalue weighted by molar-refractivity contribution is 9.10. The molecule has 3 rings (SSSR count). The van der Waals surface area contributed by atoms with Crippen molar-refractivity contribution in [3.63, 3.8) is 0 Å². The number of ether oxygens (including phenoxy) is 1. The van der Waals surface area contributed by atoms with Gasteiger partial charge in [-0.2, -0.15) is 0 Å². The van der Waals surface area contributed by atoms with E-state index in [-0.39, 0.29) is 11.7 Å². The Morgan fingerprint density at radius 1 is 1.38 bits per heavy atom. The van der Waals surface area contributed by atoms with Crippen LogP contribution in [0.25, 0.3) is 0 Å². The molecule has 0 fully saturated rings. The predicted molar refractivity (Wildman–Crippen MR) is 79.4 cm³/mol. The zero-order valence-corrected chi connectivity index (χ0v) is 15.2. The van der Waals surface area contributed by atoms with Crippen LogP contribution in [-0.2, 0) is 0 Å². The topological polar surface area (TPSA) is 129 Å². The van der Waals surface area contributed by atoms with E-state index in [2.05, 4.69) is 20.9 Å². The Hall–Kier alpha value is -1.72. The van der Waals surface area contributed by atoms with Crippen LogP contribution in [0.15, 0.2) is 41.1 Å². The molecule has 0 saturated heterocycles. The number of aromatic nitrogens is 1. The molecule has 128 valence electrons. The number of carbonyl (C=O) groups is 1. The van der Waals surface area contributed by atoms with Crippen molar-refractivity contribution in [2.75, 3.05) is 18.1 Å². The predicted octanol–water partition coefficient (Wildman–Crippen LogP) is -0.346. The van der Waals surface area contributed by atoms with Gasteiger partial charge in [-0.1, -0.05) is 0 Å². The number of phenolic OH excluding ortho intramolecular Hbond substituents is 1. The highest BCUT2D eigenvalue weighted by Crippen LogP contribution is 2.32. The summed E-state index contributed by atoms with van der Waals surface area (Å²) in [5, 5.41) is 9.49. The summed E-state index contributed by atoms with van der Waals surface area (Å²) < 4.78 is 30.3. The van der Waals surface area contributed by atoms with E-state index in [0.717, 1.165) is 0 Å². The number of halogens is 2. The molecule has 1 aromatic heterocycles. The first-order valence-corrected chi connectivity index (χ1v) is 9.31. The van der Waals surface area contributed by atoms with Crippen LogP contribution in [0.3, 0.4) is 0 Å². The standard InChI is InChI=1S/C14H11BrN2O3.BrHO3/c15-10-7-9(1-2-12(10)18)14(19)17-5-6-20-13-8-16-4-3-11(13)17;2-1(3)4/h1-4,7-8,18H,5-6H2;2H. The average molecular weight is 464 g/mol. The fourth-order valence-electron chi connectivity index (χ4n) is 2.08. The molecule has 1 aliphatic rings. The summed E-state index contributed by atoms with van der Waals surface area (Å²) in [7, 11) is 0. The van der Waals surface area contributed by atoms with Crippen molar-refractivity contribution in [1.29, 1.82) is 0 Å². The van der Waals surface area contributed by atoms with Gasteiger partial charge in [0.05, 0.1) is 22.9 Å². The van der Waals surface area contributed by atoms with Crippen LogP contribution in [0.1, 0.15) is 10.4 Å². The van der Waals surface area contributed by atoms with Crippen molar-refractivity contribution >= 4 is 27.5 Å². The molecule has 0 saturated carbocycles. The van der Waals surface area contributed by atoms with E-state index in [1.807, 2.05) is 0 Å². The number of rotatable bonds is 1. The number of nitrogens with zero attached hydrogens (tertiary/aromatic N) is 2. The van der Waals surface area contributed by atoms with Crippen LogP contribution in [0.4, 0.5) is 5.69 Å². The van der Waals surface area contributed by atoms with Gasteiger partial charge in [0.25, 0.3) is 5.91 Å². The molecule has 0 atom stereocenters. The van der Waals surface area contributed by atoms with Gasteiger partial charge in [-0.3, -0.25) is 9.78 Å². The molecule has 0 bridgehead atoms. The number of hydrogen-bond donors (Lipinski definition) is 2. The number of phenols is 1. The second-order valence-corrected chi connectivity index (χ2v) is 6.21. The molecule has 0 aliphatic carbocycles. The van der Waals surface area contributed by atoms with Crippen LogP contribution in [0, 0.1) is 14.8 Å². The quantitative estimate of drug-likeness (QED) is 0.591. The number of pyridine rings is 1. The lowest BCUT2D eigenvalue weighted by molar-refractivity contribution is -1.63. The average Bonchev–Trinajstić information content (AvgIpc) is 2.56. The molecule has 1 aliphatic heterocycles. The molecule has 8 nitrogen and oxygen atoms in total. The molecular formula is C14H12Br2N2O6. The summed E-state index contributed by atoms with van der Waals surface area (Å²) in [5.41, 5.74) is 1.21. The van der Waals surface area contributed by atoms with Crippen LogP contribution in [-0.4, -0.2) is 33.3 Å². The SMILES string of the molecule is O=C(c1ccc(O)c(Br)c1)N1CCOc2cnccc21.[O-][Br+2]([O-])O. The summed E-state index contributed by atoms with van der Waals surface area (Å²) in [6.07, 6.45) is 3.22. The number of benzene rings is 1. The molecule has 2 heterocycles. The Labute approximate surface area is 150 Å². The van der Waals surface area contributed by atoms with Crippen LogP contribution >= 0.6 is 15.9 Å². The Kier molecular flexibility index (Phi) is 6.52. The van der Waals surface area contributed by atoms with E-state index in [0.29, 0.717) is 34.6 Å². The van der Waals surface area contributed by atoms with Gasteiger partial charge < -0.3 is 23.1 Å². The lowest BCUT2D eigenvalue weighted by Crippen LogP contribution is -2.38. The summed E-state index contributed by atoms with van der Waals surface area (Å²) in [6, 6.07) is 6.44. The Bertz CT molecular complexity index is 725. The maximum absolute atomic E-state index is 12.6. The summed E-state index contributed by atoms with van der Waals surface area (Å²) >= 11 is -0.181. The number of amides is 1. The minimum atomic E-state index is -3.40. The highest BCUT2D eigenvalue weighted by atomic mass is 80.0. The Balaban J connectivity index is 0.000000471. The lowest BCUT2D eigenvalue weighted by atomic mass is 10.1. The van der Waals surface area contributed by atoms with E-state index in [1.54, 1.807) is 35.5 Å². The first-order valence-electron chi connectivity index (χ1n) is 6.52. The van der Waals surface area contributed by atoms with Crippen molar-refractivity contribution < 1.29 is 42.0 Å². The van der Waals surface area contributed by atoms with Gasteiger partial charge in [-0.05, 0) is 44.4 Å². The fourth-order valence-corrected chi connectivity index (χ4v) is 2.46. The number of anilines is 1. The van der Waals surface area contributed by atoms with Crippen molar-refractivity contribution in [3.05, 3.63) is 46.7 Å². The maximum Gasteiger partial charge on any atom is 0.433 e. The van der Waals surface area contributed by atoms with Gasteiger partial charge in [0.15, 0.2) is 5.75 Å². The van der Waals surface area contributed by atoms with Crippen molar-refractivity contribution in [2.45, 2.75) is 0 Å². The molecule has 24 heavy (non-hydrogen) atoms. The Morgan fingerprint density at radius 3 is 2.75 bits per heavy atom. The first kappa shape index (κ1) is 18.6. The maximum atomic E-state index is 12.6. The molecule has 0 radical (unpaired) electrons. The molecule has 1 amide bonds. The number of fused-ring (bicyclic) bond motifs is 1. The fraction of sp³-hybridized carbons (Fsp3) is 0.143. The van der Waals surface area contributed by atoms with E-state index in [1.165, 1.54) is 6.07 Å². The molecule has 1 aromatic carbocycles. The molecule has 0 spiro atoms. The van der Waals surface area contributed by atoms with Gasteiger partial charge >= 0.3 is 14.8 Å². The molecule has 0 unspecified atom stereocenters. The van der Waals surface area contributed by atoms with Crippen LogP contribution < -0.4 is 18.0 Å². The smallest absolute Gasteiger partial charge is 0.433 e. The van der Waals surface area contributed by atoms with Crippen LogP contribution in [0.2, 0.25) is 0 Å². The zero-order chi connectivity index (χ0) is 17.7. The van der Waals surface area contributed by atoms with E-state index in [9.17, 15) is 9.90 Å². The second kappa shape index (κ2) is 8.40. The number of hydrogen-bond acceptors (Lipinski definition) is 7. The summed E-state index contributed by atoms with van der Waals surface area (Å²) in [5.74, 6) is 0.569. The third-order valence-electron chi connectivity index (χ3n) is 3.07. The number of carbonyl (C=O) groups excluding carboxylic acids is 1. The zero-order valence-electron chi connectivity index (χ0n) is 12.1. The van der Waals surface area contributed by atoms with Crippen molar-refractivity contribution in [1.82, 2.24) is 4.98 Å². The Morgan fingerprint density at radius 2 is 2.08 bits per heavy atom. The minimum absolute atomic E-state index is 0.105. The summed E-state index contributed by atoms with van der Waals surface area (Å²) in [6.45, 7) is 0.915. The third kappa shape index (κ3) is 4.65. The number of aromatic hydroxyl groups is 1. The van der Waals surface area contributed by atoms with E-state index < -0.39 is 14.8 Å². The third-order valence-corrected chi connectivity index (χ3v) is 3.70. The largest absolute Gasteiger partial charge is 0.507 e. The summed E-state index contributed by atoms with van der Waals surface area (Å²) in [4.78, 5) is 18.2. The molecular weight excluding hydrogens is 452 g/mol. The van der Waals surface area contributed by atoms with Crippen LogP contribution in [0.5, 0.6) is 11.5 Å². The molecule has 2 N–H and O–H groups in total. The van der Waals surface area contributed by atoms with Crippen molar-refractivity contribution in [2.24, 2.45) is 0 Å². The second-order valence-electron chi connectivity index (χ2n) is 4.52. The monoisotopic (exact) mass is 462 g/mol. The first-order chi connectivity index (χ1) is 11.4. The van der Waals surface area contributed by atoms with Gasteiger partial charge in [0.2, 0.25) is 0 Å². The van der Waals surface area contributed by atoms with Gasteiger partial charge in [-0.15, -0.1) is 0 Å². The molecule has 10 heteroatoms. The van der Waals surface area contributed by atoms with Gasteiger partial charge in [0, 0.05) is 11.8 Å². The van der Waals surface area contributed by atoms with Gasteiger partial charge in [-0.25, -0.2) is 0 Å². The minimum Gasteiger partial charge on any atom is -0.507 e. The van der Waals surface area contributed by atoms with Gasteiger partial charge in [0.1, 0.15) is 12.4 Å². The van der Waals surface area contributed by atoms with E-state index in [4.69, 9.17) is 17.3 Å².